The van der Waals surface area contributed by atoms with E-state index in [4.69, 9.17) is 9.47 Å². The van der Waals surface area contributed by atoms with E-state index in [-0.39, 0.29) is 12.0 Å². The Balaban J connectivity index is 2.10. The lowest BCUT2D eigenvalue weighted by molar-refractivity contribution is -0.146. The van der Waals surface area contributed by atoms with E-state index in [0.717, 1.165) is 18.6 Å². The number of esters is 1. The Morgan fingerprint density at radius 1 is 1.39 bits per heavy atom. The molecule has 0 spiro atoms. The summed E-state index contributed by atoms with van der Waals surface area (Å²) >= 11 is 0. The van der Waals surface area contributed by atoms with E-state index in [1.54, 1.807) is 6.92 Å². The van der Waals surface area contributed by atoms with Gasteiger partial charge in [0, 0.05) is 12.6 Å². The van der Waals surface area contributed by atoms with Crippen LogP contribution in [0.3, 0.4) is 0 Å². The van der Waals surface area contributed by atoms with Gasteiger partial charge in [-0.1, -0.05) is 19.4 Å². The Hall–Kier alpha value is -1.53. The molecule has 0 radical (unpaired) electrons. The molecular weight excluding hydrogens is 304 g/mol. The van der Waals surface area contributed by atoms with Crippen molar-refractivity contribution in [3.05, 3.63) is 35.4 Å². The standard InChI is InChI=1S/C17H23F2NO3/c1-3-5-15(17(21)22-4-2)20-14-8-9-23-16(14)11-6-7-12(18)13(19)10-11/h6-7,10,14-16,20H,3-5,8-9H2,1-2H3/t14-,15?,16+/m1/s1. The van der Waals surface area contributed by atoms with Crippen LogP contribution in [0.2, 0.25) is 0 Å². The van der Waals surface area contributed by atoms with E-state index in [2.05, 4.69) is 5.32 Å². The molecule has 128 valence electrons. The minimum Gasteiger partial charge on any atom is -0.465 e. The largest absolute Gasteiger partial charge is 0.465 e. The van der Waals surface area contributed by atoms with E-state index < -0.39 is 23.8 Å². The number of ether oxygens (including phenoxy) is 2. The molecule has 0 aliphatic carbocycles. The zero-order valence-corrected chi connectivity index (χ0v) is 13.5. The third-order valence-electron chi connectivity index (χ3n) is 3.93. The summed E-state index contributed by atoms with van der Waals surface area (Å²) in [4.78, 5) is 12.0. The summed E-state index contributed by atoms with van der Waals surface area (Å²) in [5.41, 5.74) is 0.568. The first-order valence-corrected chi connectivity index (χ1v) is 8.06. The smallest absolute Gasteiger partial charge is 0.323 e. The molecule has 1 saturated heterocycles. The highest BCUT2D eigenvalue weighted by Crippen LogP contribution is 2.30. The van der Waals surface area contributed by atoms with Crippen molar-refractivity contribution >= 4 is 5.97 Å². The number of carbonyl (C=O) groups is 1. The molecule has 1 aromatic carbocycles. The number of hydrogen-bond donors (Lipinski definition) is 1. The molecule has 0 saturated carbocycles. The first-order chi connectivity index (χ1) is 11.1. The number of nitrogens with one attached hydrogen (secondary N) is 1. The van der Waals surface area contributed by atoms with Crippen LogP contribution in [0.15, 0.2) is 18.2 Å². The molecule has 4 nitrogen and oxygen atoms in total. The highest BCUT2D eigenvalue weighted by atomic mass is 19.2. The second-order valence-electron chi connectivity index (χ2n) is 5.62. The summed E-state index contributed by atoms with van der Waals surface area (Å²) in [7, 11) is 0. The third-order valence-corrected chi connectivity index (χ3v) is 3.93. The molecule has 0 amide bonds. The Labute approximate surface area is 135 Å². The zero-order valence-electron chi connectivity index (χ0n) is 13.5. The average molecular weight is 327 g/mol. The fourth-order valence-corrected chi connectivity index (χ4v) is 2.84. The third kappa shape index (κ3) is 4.48. The Kier molecular flexibility index (Phi) is 6.47. The first-order valence-electron chi connectivity index (χ1n) is 8.06. The maximum Gasteiger partial charge on any atom is 0.323 e. The molecule has 1 fully saturated rings. The molecule has 1 aliphatic rings. The second kappa shape index (κ2) is 8.36. The molecule has 1 aromatic rings. The van der Waals surface area contributed by atoms with E-state index in [1.807, 2.05) is 6.92 Å². The fraction of sp³-hybridized carbons (Fsp3) is 0.588. The quantitative estimate of drug-likeness (QED) is 0.782. The van der Waals surface area contributed by atoms with Crippen LogP contribution in [0.1, 0.15) is 44.8 Å². The van der Waals surface area contributed by atoms with Gasteiger partial charge >= 0.3 is 5.97 Å². The maximum absolute atomic E-state index is 13.4. The summed E-state index contributed by atoms with van der Waals surface area (Å²) in [5, 5.41) is 3.27. The lowest BCUT2D eigenvalue weighted by Crippen LogP contribution is -2.45. The number of hydrogen-bond acceptors (Lipinski definition) is 4. The molecular formula is C17H23F2NO3. The fourth-order valence-electron chi connectivity index (χ4n) is 2.84. The Morgan fingerprint density at radius 2 is 2.17 bits per heavy atom. The van der Waals surface area contributed by atoms with Crippen LogP contribution in [-0.4, -0.2) is 31.3 Å². The van der Waals surface area contributed by atoms with Crippen molar-refractivity contribution in [1.29, 1.82) is 0 Å². The van der Waals surface area contributed by atoms with Gasteiger partial charge in [-0.25, -0.2) is 8.78 Å². The summed E-state index contributed by atoms with van der Waals surface area (Å²) in [6.07, 6.45) is 1.78. The van der Waals surface area contributed by atoms with E-state index >= 15 is 0 Å². The molecule has 2 rings (SSSR count). The van der Waals surface area contributed by atoms with Gasteiger partial charge in [0.25, 0.3) is 0 Å². The second-order valence-corrected chi connectivity index (χ2v) is 5.62. The number of rotatable bonds is 7. The van der Waals surface area contributed by atoms with Gasteiger partial charge in [0.05, 0.1) is 12.7 Å². The van der Waals surface area contributed by atoms with Crippen LogP contribution in [0.4, 0.5) is 8.78 Å². The van der Waals surface area contributed by atoms with Crippen LogP contribution >= 0.6 is 0 Å². The van der Waals surface area contributed by atoms with Gasteiger partial charge in [-0.05, 0) is 37.5 Å². The van der Waals surface area contributed by atoms with Gasteiger partial charge in [-0.2, -0.15) is 0 Å². The van der Waals surface area contributed by atoms with Crippen molar-refractivity contribution in [3.8, 4) is 0 Å². The van der Waals surface area contributed by atoms with Gasteiger partial charge < -0.3 is 9.47 Å². The molecule has 0 aromatic heterocycles. The van der Waals surface area contributed by atoms with E-state index in [0.29, 0.717) is 31.6 Å². The normalized spacial score (nSPS) is 22.1. The van der Waals surface area contributed by atoms with Gasteiger partial charge in [-0.15, -0.1) is 0 Å². The van der Waals surface area contributed by atoms with Crippen LogP contribution in [0, 0.1) is 11.6 Å². The molecule has 23 heavy (non-hydrogen) atoms. The Bertz CT molecular complexity index is 539. The van der Waals surface area contributed by atoms with Gasteiger partial charge in [0.15, 0.2) is 11.6 Å². The number of carbonyl (C=O) groups excluding carboxylic acids is 1. The minimum absolute atomic E-state index is 0.138. The molecule has 1 heterocycles. The summed E-state index contributed by atoms with van der Waals surface area (Å²) in [5.74, 6) is -2.07. The van der Waals surface area contributed by atoms with Crippen molar-refractivity contribution in [2.45, 2.75) is 51.3 Å². The van der Waals surface area contributed by atoms with E-state index in [1.165, 1.54) is 6.07 Å². The highest BCUT2D eigenvalue weighted by molar-refractivity contribution is 5.75. The Morgan fingerprint density at radius 3 is 2.83 bits per heavy atom. The molecule has 1 unspecified atom stereocenters. The zero-order chi connectivity index (χ0) is 16.8. The van der Waals surface area contributed by atoms with Crippen molar-refractivity contribution in [2.24, 2.45) is 0 Å². The molecule has 6 heteroatoms. The summed E-state index contributed by atoms with van der Waals surface area (Å²) < 4.78 is 37.3. The van der Waals surface area contributed by atoms with Crippen molar-refractivity contribution in [1.82, 2.24) is 5.32 Å². The summed E-state index contributed by atoms with van der Waals surface area (Å²) in [6, 6.07) is 3.21. The van der Waals surface area contributed by atoms with Gasteiger partial charge in [0.2, 0.25) is 0 Å². The van der Waals surface area contributed by atoms with Crippen LogP contribution in [0.5, 0.6) is 0 Å². The average Bonchev–Trinajstić information content (AvgIpc) is 2.98. The van der Waals surface area contributed by atoms with Gasteiger partial charge in [-0.3, -0.25) is 10.1 Å². The SMILES string of the molecule is CCCC(N[C@@H]1CCO[C@H]1c1ccc(F)c(F)c1)C(=O)OCC. The number of halogens is 2. The van der Waals surface area contributed by atoms with Crippen LogP contribution in [-0.2, 0) is 14.3 Å². The van der Waals surface area contributed by atoms with Gasteiger partial charge in [0.1, 0.15) is 6.04 Å². The topological polar surface area (TPSA) is 47.6 Å². The molecule has 1 N–H and O–H groups in total. The van der Waals surface area contributed by atoms with Crippen molar-refractivity contribution < 1.29 is 23.0 Å². The lowest BCUT2D eigenvalue weighted by Gasteiger charge is -2.25. The highest BCUT2D eigenvalue weighted by Gasteiger charge is 2.33. The van der Waals surface area contributed by atoms with Crippen molar-refractivity contribution in [3.63, 3.8) is 0 Å². The molecule has 3 atom stereocenters. The minimum atomic E-state index is -0.896. The predicted molar refractivity (Wildman–Crippen MR) is 81.9 cm³/mol. The monoisotopic (exact) mass is 327 g/mol. The van der Waals surface area contributed by atoms with E-state index in [9.17, 15) is 13.6 Å². The first kappa shape index (κ1) is 17.8. The molecule has 0 bridgehead atoms. The lowest BCUT2D eigenvalue weighted by atomic mass is 10.00. The summed E-state index contributed by atoms with van der Waals surface area (Å²) in [6.45, 7) is 4.59. The van der Waals surface area contributed by atoms with Crippen molar-refractivity contribution in [2.75, 3.05) is 13.2 Å². The predicted octanol–water partition coefficient (Wildman–Crippen LogP) is 3.12. The van der Waals surface area contributed by atoms with Crippen LogP contribution in [0.25, 0.3) is 0 Å². The maximum atomic E-state index is 13.4. The van der Waals surface area contributed by atoms with Crippen LogP contribution < -0.4 is 5.32 Å². The molecule has 1 aliphatic heterocycles. The number of benzene rings is 1.